The standard InChI is InChI=1S/C13H13FN2O/c1-17-13-5-2-9(6-11(13)14)12-4-3-10-7-15-8-16(10)12/h2,5-8,12H,3-4H2,1H3. The molecule has 0 bridgehead atoms. The molecule has 3 rings (SSSR count). The van der Waals surface area contributed by atoms with E-state index in [4.69, 9.17) is 4.74 Å². The molecule has 1 aromatic heterocycles. The van der Waals surface area contributed by atoms with Gasteiger partial charge >= 0.3 is 0 Å². The van der Waals surface area contributed by atoms with Crippen LogP contribution in [0.15, 0.2) is 30.7 Å². The van der Waals surface area contributed by atoms with Crippen LogP contribution in [-0.2, 0) is 6.42 Å². The SMILES string of the molecule is COc1ccc(C2CCc3cncn32)cc1F. The fourth-order valence-electron chi connectivity index (χ4n) is 2.45. The van der Waals surface area contributed by atoms with Crippen molar-refractivity contribution >= 4 is 0 Å². The van der Waals surface area contributed by atoms with Crippen LogP contribution in [0.1, 0.15) is 23.7 Å². The Morgan fingerprint density at radius 3 is 3.12 bits per heavy atom. The molecule has 1 aliphatic rings. The second-order valence-corrected chi connectivity index (χ2v) is 4.24. The Kier molecular flexibility index (Phi) is 2.35. The summed E-state index contributed by atoms with van der Waals surface area (Å²) in [6, 6.07) is 5.35. The number of hydrogen-bond acceptors (Lipinski definition) is 2. The zero-order chi connectivity index (χ0) is 11.8. The van der Waals surface area contributed by atoms with Crippen molar-refractivity contribution in [3.8, 4) is 5.75 Å². The highest BCUT2D eigenvalue weighted by molar-refractivity contribution is 5.32. The number of nitrogens with zero attached hydrogens (tertiary/aromatic N) is 2. The van der Waals surface area contributed by atoms with E-state index >= 15 is 0 Å². The molecule has 0 spiro atoms. The molecular weight excluding hydrogens is 219 g/mol. The minimum Gasteiger partial charge on any atom is -0.494 e. The quantitative estimate of drug-likeness (QED) is 0.795. The largest absolute Gasteiger partial charge is 0.494 e. The summed E-state index contributed by atoms with van der Waals surface area (Å²) in [5.74, 6) is -0.0174. The summed E-state index contributed by atoms with van der Waals surface area (Å²) in [7, 11) is 1.47. The maximum atomic E-state index is 13.7. The van der Waals surface area contributed by atoms with Gasteiger partial charge in [-0.1, -0.05) is 6.07 Å². The van der Waals surface area contributed by atoms with Crippen LogP contribution in [-0.4, -0.2) is 16.7 Å². The summed E-state index contributed by atoms with van der Waals surface area (Å²) in [5, 5.41) is 0. The predicted octanol–water partition coefficient (Wildman–Crippen LogP) is 2.57. The fourth-order valence-corrected chi connectivity index (χ4v) is 2.45. The first-order valence-corrected chi connectivity index (χ1v) is 5.63. The van der Waals surface area contributed by atoms with E-state index in [0.717, 1.165) is 18.4 Å². The molecule has 0 fully saturated rings. The number of fused-ring (bicyclic) bond motifs is 1. The van der Waals surface area contributed by atoms with Crippen LogP contribution in [0, 0.1) is 5.82 Å². The van der Waals surface area contributed by atoms with Crippen molar-refractivity contribution < 1.29 is 9.13 Å². The van der Waals surface area contributed by atoms with Gasteiger partial charge in [0.05, 0.1) is 19.5 Å². The zero-order valence-corrected chi connectivity index (χ0v) is 9.56. The molecule has 0 N–H and O–H groups in total. The van der Waals surface area contributed by atoms with Crippen molar-refractivity contribution in [2.45, 2.75) is 18.9 Å². The fraction of sp³-hybridized carbons (Fsp3) is 0.308. The Morgan fingerprint density at radius 1 is 1.47 bits per heavy atom. The molecule has 2 heterocycles. The Balaban J connectivity index is 1.99. The lowest BCUT2D eigenvalue weighted by molar-refractivity contribution is 0.385. The lowest BCUT2D eigenvalue weighted by atomic mass is 10.0. The third-order valence-corrected chi connectivity index (χ3v) is 3.32. The first-order valence-electron chi connectivity index (χ1n) is 5.63. The van der Waals surface area contributed by atoms with E-state index in [1.54, 1.807) is 12.1 Å². The lowest BCUT2D eigenvalue weighted by Crippen LogP contribution is -2.05. The minimum absolute atomic E-state index is 0.202. The lowest BCUT2D eigenvalue weighted by Gasteiger charge is -2.14. The van der Waals surface area contributed by atoms with Gasteiger partial charge in [0.15, 0.2) is 11.6 Å². The van der Waals surface area contributed by atoms with Crippen molar-refractivity contribution in [1.29, 1.82) is 0 Å². The molecule has 4 heteroatoms. The molecule has 2 aromatic rings. The van der Waals surface area contributed by atoms with Gasteiger partial charge in [-0.2, -0.15) is 0 Å². The molecule has 0 aliphatic carbocycles. The molecular formula is C13H13FN2O. The Morgan fingerprint density at radius 2 is 2.35 bits per heavy atom. The smallest absolute Gasteiger partial charge is 0.165 e. The molecule has 1 atom stereocenters. The monoisotopic (exact) mass is 232 g/mol. The van der Waals surface area contributed by atoms with E-state index in [1.807, 2.05) is 18.6 Å². The van der Waals surface area contributed by atoms with Gasteiger partial charge < -0.3 is 9.30 Å². The molecule has 0 radical (unpaired) electrons. The van der Waals surface area contributed by atoms with Crippen LogP contribution in [0.2, 0.25) is 0 Å². The number of imidazole rings is 1. The average Bonchev–Trinajstić information content (AvgIpc) is 2.90. The van der Waals surface area contributed by atoms with E-state index in [2.05, 4.69) is 9.55 Å². The van der Waals surface area contributed by atoms with Crippen LogP contribution in [0.5, 0.6) is 5.75 Å². The van der Waals surface area contributed by atoms with Gasteiger partial charge in [0.25, 0.3) is 0 Å². The molecule has 0 saturated heterocycles. The normalized spacial score (nSPS) is 18.1. The van der Waals surface area contributed by atoms with Crippen molar-refractivity contribution in [2.75, 3.05) is 7.11 Å². The van der Waals surface area contributed by atoms with Crippen LogP contribution in [0.25, 0.3) is 0 Å². The number of ether oxygens (including phenoxy) is 1. The molecule has 1 aromatic carbocycles. The highest BCUT2D eigenvalue weighted by Crippen LogP contribution is 2.33. The third-order valence-electron chi connectivity index (χ3n) is 3.32. The summed E-state index contributed by atoms with van der Waals surface area (Å²) in [5.41, 5.74) is 2.19. The summed E-state index contributed by atoms with van der Waals surface area (Å²) >= 11 is 0. The Labute approximate surface area is 98.9 Å². The first kappa shape index (κ1) is 10.3. The van der Waals surface area contributed by atoms with E-state index in [9.17, 15) is 4.39 Å². The predicted molar refractivity (Wildman–Crippen MR) is 61.6 cm³/mol. The number of hydrogen-bond donors (Lipinski definition) is 0. The minimum atomic E-state index is -0.307. The van der Waals surface area contributed by atoms with E-state index in [1.165, 1.54) is 12.8 Å². The van der Waals surface area contributed by atoms with Crippen molar-refractivity contribution in [3.05, 3.63) is 47.8 Å². The van der Waals surface area contributed by atoms with Gasteiger partial charge in [0.2, 0.25) is 0 Å². The average molecular weight is 232 g/mol. The number of benzene rings is 1. The number of methoxy groups -OCH3 is 1. The molecule has 17 heavy (non-hydrogen) atoms. The first-order chi connectivity index (χ1) is 8.29. The van der Waals surface area contributed by atoms with Gasteiger partial charge in [-0.25, -0.2) is 9.37 Å². The highest BCUT2D eigenvalue weighted by Gasteiger charge is 2.23. The summed E-state index contributed by atoms with van der Waals surface area (Å²) in [4.78, 5) is 4.12. The van der Waals surface area contributed by atoms with Crippen molar-refractivity contribution in [2.24, 2.45) is 0 Å². The number of halogens is 1. The Hall–Kier alpha value is -1.84. The van der Waals surface area contributed by atoms with E-state index < -0.39 is 0 Å². The van der Waals surface area contributed by atoms with Crippen molar-refractivity contribution in [3.63, 3.8) is 0 Å². The van der Waals surface area contributed by atoms with E-state index in [0.29, 0.717) is 0 Å². The molecule has 0 saturated carbocycles. The zero-order valence-electron chi connectivity index (χ0n) is 9.56. The van der Waals surface area contributed by atoms with Crippen LogP contribution in [0.4, 0.5) is 4.39 Å². The number of aryl methyl sites for hydroxylation is 1. The van der Waals surface area contributed by atoms with Crippen LogP contribution < -0.4 is 4.74 Å². The van der Waals surface area contributed by atoms with Gasteiger partial charge in [-0.15, -0.1) is 0 Å². The molecule has 0 amide bonds. The maximum absolute atomic E-state index is 13.7. The van der Waals surface area contributed by atoms with Gasteiger partial charge in [0.1, 0.15) is 0 Å². The van der Waals surface area contributed by atoms with Crippen molar-refractivity contribution in [1.82, 2.24) is 9.55 Å². The second-order valence-electron chi connectivity index (χ2n) is 4.24. The van der Waals surface area contributed by atoms with E-state index in [-0.39, 0.29) is 17.6 Å². The molecule has 88 valence electrons. The number of rotatable bonds is 2. The maximum Gasteiger partial charge on any atom is 0.165 e. The number of aromatic nitrogens is 2. The van der Waals surface area contributed by atoms with Gasteiger partial charge in [0, 0.05) is 11.9 Å². The molecule has 1 aliphatic heterocycles. The second kappa shape index (κ2) is 3.87. The molecule has 3 nitrogen and oxygen atoms in total. The Bertz CT molecular complexity index is 550. The summed E-state index contributed by atoms with van der Waals surface area (Å²) in [6.45, 7) is 0. The van der Waals surface area contributed by atoms with Gasteiger partial charge in [-0.3, -0.25) is 0 Å². The van der Waals surface area contributed by atoms with Crippen LogP contribution in [0.3, 0.4) is 0 Å². The van der Waals surface area contributed by atoms with Crippen LogP contribution >= 0.6 is 0 Å². The third kappa shape index (κ3) is 1.60. The topological polar surface area (TPSA) is 27.1 Å². The van der Waals surface area contributed by atoms with Gasteiger partial charge in [-0.05, 0) is 30.5 Å². The highest BCUT2D eigenvalue weighted by atomic mass is 19.1. The molecule has 1 unspecified atom stereocenters. The summed E-state index contributed by atoms with van der Waals surface area (Å²) in [6.07, 6.45) is 5.69. The summed E-state index contributed by atoms with van der Waals surface area (Å²) < 4.78 is 20.7.